The number of likely N-dealkylation sites (N-methyl/N-ethyl adjacent to an activating group) is 1. The van der Waals surface area contributed by atoms with Crippen molar-refractivity contribution in [3.63, 3.8) is 0 Å². The molecule has 0 spiro atoms. The molecule has 1 atom stereocenters. The zero-order valence-corrected chi connectivity index (χ0v) is 15.9. The summed E-state index contributed by atoms with van der Waals surface area (Å²) in [5, 5.41) is 2.95. The second-order valence-corrected chi connectivity index (χ2v) is 6.83. The highest BCUT2D eigenvalue weighted by Crippen LogP contribution is 2.36. The molecule has 2 aliphatic heterocycles. The minimum absolute atomic E-state index is 0.0652. The van der Waals surface area contributed by atoms with Crippen LogP contribution in [0.25, 0.3) is 0 Å². The molecular formula is C21H22N4O3. The molecule has 2 aromatic rings. The summed E-state index contributed by atoms with van der Waals surface area (Å²) in [5.74, 6) is 0.695. The second-order valence-electron chi connectivity index (χ2n) is 6.83. The van der Waals surface area contributed by atoms with Crippen molar-refractivity contribution >= 4 is 11.9 Å². The molecule has 1 N–H and O–H groups in total. The van der Waals surface area contributed by atoms with Gasteiger partial charge in [0.2, 0.25) is 0 Å². The molecule has 144 valence electrons. The first-order chi connectivity index (χ1) is 13.6. The van der Waals surface area contributed by atoms with Crippen LogP contribution in [0.2, 0.25) is 0 Å². The van der Waals surface area contributed by atoms with Gasteiger partial charge in [0.1, 0.15) is 5.75 Å². The summed E-state index contributed by atoms with van der Waals surface area (Å²) in [4.78, 5) is 33.1. The fourth-order valence-corrected chi connectivity index (χ4v) is 3.64. The summed E-state index contributed by atoms with van der Waals surface area (Å²) in [6, 6.07) is 10.6. The van der Waals surface area contributed by atoms with Crippen LogP contribution in [-0.2, 0) is 11.3 Å². The minimum atomic E-state index is -0.472. The maximum Gasteiger partial charge on any atom is 0.322 e. The van der Waals surface area contributed by atoms with Crippen LogP contribution in [0.1, 0.15) is 24.1 Å². The summed E-state index contributed by atoms with van der Waals surface area (Å²) in [6.45, 7) is 3.37. The van der Waals surface area contributed by atoms with Gasteiger partial charge in [0.15, 0.2) is 0 Å². The topological polar surface area (TPSA) is 74.8 Å². The van der Waals surface area contributed by atoms with Crippen molar-refractivity contribution in [2.45, 2.75) is 19.5 Å². The van der Waals surface area contributed by atoms with Crippen LogP contribution in [0, 0.1) is 0 Å². The summed E-state index contributed by atoms with van der Waals surface area (Å²) in [7, 11) is 1.69. The molecule has 0 saturated heterocycles. The number of ether oxygens (including phenoxy) is 1. The van der Waals surface area contributed by atoms with E-state index in [4.69, 9.17) is 4.74 Å². The van der Waals surface area contributed by atoms with Gasteiger partial charge in [0, 0.05) is 26.0 Å². The highest BCUT2D eigenvalue weighted by molar-refractivity contribution is 6.01. The predicted octanol–water partition coefficient (Wildman–Crippen LogP) is 2.47. The number of benzene rings is 1. The van der Waals surface area contributed by atoms with Crippen LogP contribution >= 0.6 is 0 Å². The Balaban J connectivity index is 1.63. The van der Waals surface area contributed by atoms with E-state index in [0.29, 0.717) is 25.3 Å². The van der Waals surface area contributed by atoms with Gasteiger partial charge in [-0.1, -0.05) is 18.2 Å². The maximum absolute atomic E-state index is 13.2. The Morgan fingerprint density at radius 2 is 2.00 bits per heavy atom. The molecule has 0 aliphatic carbocycles. The Kier molecular flexibility index (Phi) is 4.73. The van der Waals surface area contributed by atoms with Crippen LogP contribution < -0.4 is 10.1 Å². The van der Waals surface area contributed by atoms with E-state index >= 15 is 0 Å². The Hall–Kier alpha value is -3.35. The average molecular weight is 378 g/mol. The number of hydrogen-bond donors (Lipinski definition) is 1. The van der Waals surface area contributed by atoms with E-state index < -0.39 is 6.04 Å². The lowest BCUT2D eigenvalue weighted by Crippen LogP contribution is -2.45. The third-order valence-corrected chi connectivity index (χ3v) is 5.06. The molecule has 3 heterocycles. The van der Waals surface area contributed by atoms with Gasteiger partial charge in [0.05, 0.1) is 30.5 Å². The van der Waals surface area contributed by atoms with E-state index in [-0.39, 0.29) is 11.9 Å². The summed E-state index contributed by atoms with van der Waals surface area (Å²) in [6.07, 6.45) is 3.46. The summed E-state index contributed by atoms with van der Waals surface area (Å²) in [5.41, 5.74) is 3.18. The van der Waals surface area contributed by atoms with Crippen molar-refractivity contribution in [2.75, 3.05) is 20.2 Å². The molecule has 0 fully saturated rings. The van der Waals surface area contributed by atoms with Crippen molar-refractivity contribution in [3.05, 3.63) is 71.2 Å². The van der Waals surface area contributed by atoms with E-state index in [1.54, 1.807) is 24.3 Å². The van der Waals surface area contributed by atoms with E-state index in [1.165, 1.54) is 4.90 Å². The van der Waals surface area contributed by atoms with Gasteiger partial charge in [-0.25, -0.2) is 4.79 Å². The number of aromatic nitrogens is 1. The van der Waals surface area contributed by atoms with E-state index in [2.05, 4.69) is 10.3 Å². The molecule has 1 aromatic heterocycles. The largest absolute Gasteiger partial charge is 0.494 e. The van der Waals surface area contributed by atoms with Gasteiger partial charge >= 0.3 is 6.03 Å². The molecule has 4 rings (SSSR count). The lowest BCUT2D eigenvalue weighted by molar-refractivity contribution is -0.126. The average Bonchev–Trinajstić information content (AvgIpc) is 3.03. The fourth-order valence-electron chi connectivity index (χ4n) is 3.64. The zero-order chi connectivity index (χ0) is 19.7. The number of carbonyl (C=O) groups is 2. The number of urea groups is 1. The Labute approximate surface area is 163 Å². The molecule has 1 unspecified atom stereocenters. The first-order valence-electron chi connectivity index (χ1n) is 9.26. The third-order valence-electron chi connectivity index (χ3n) is 5.06. The highest BCUT2D eigenvalue weighted by Gasteiger charge is 2.42. The number of hydrogen-bond acceptors (Lipinski definition) is 4. The van der Waals surface area contributed by atoms with Crippen LogP contribution in [0.4, 0.5) is 4.79 Å². The van der Waals surface area contributed by atoms with Crippen LogP contribution in [-0.4, -0.2) is 46.9 Å². The van der Waals surface area contributed by atoms with Crippen LogP contribution in [0.3, 0.4) is 0 Å². The third kappa shape index (κ3) is 3.19. The number of carbonyl (C=O) groups excluding carboxylic acids is 2. The second kappa shape index (κ2) is 7.34. The number of rotatable bonds is 5. The van der Waals surface area contributed by atoms with Crippen molar-refractivity contribution in [3.8, 4) is 5.75 Å². The molecule has 0 saturated carbocycles. The monoisotopic (exact) mass is 378 g/mol. The lowest BCUT2D eigenvalue weighted by Gasteiger charge is -2.31. The van der Waals surface area contributed by atoms with Crippen LogP contribution in [0.5, 0.6) is 5.75 Å². The minimum Gasteiger partial charge on any atom is -0.494 e. The van der Waals surface area contributed by atoms with Crippen molar-refractivity contribution in [2.24, 2.45) is 0 Å². The van der Waals surface area contributed by atoms with Gasteiger partial charge in [-0.2, -0.15) is 0 Å². The molecule has 1 aromatic carbocycles. The Bertz CT molecular complexity index is 924. The Morgan fingerprint density at radius 1 is 1.21 bits per heavy atom. The molecule has 3 amide bonds. The smallest absolute Gasteiger partial charge is 0.322 e. The van der Waals surface area contributed by atoms with Gasteiger partial charge in [0.25, 0.3) is 5.91 Å². The highest BCUT2D eigenvalue weighted by atomic mass is 16.5. The molecular weight excluding hydrogens is 356 g/mol. The quantitative estimate of drug-likeness (QED) is 0.867. The molecule has 28 heavy (non-hydrogen) atoms. The van der Waals surface area contributed by atoms with Crippen LogP contribution in [0.15, 0.2) is 60.1 Å². The molecule has 0 radical (unpaired) electrons. The molecule has 2 aliphatic rings. The summed E-state index contributed by atoms with van der Waals surface area (Å²) >= 11 is 0. The van der Waals surface area contributed by atoms with E-state index in [0.717, 1.165) is 22.6 Å². The summed E-state index contributed by atoms with van der Waals surface area (Å²) < 4.78 is 5.49. The predicted molar refractivity (Wildman–Crippen MR) is 103 cm³/mol. The maximum atomic E-state index is 13.2. The standard InChI is InChI=1S/C21H22N4O3/c1-3-28-16-8-6-15(7-9-16)19-18-17(24(2)21(27)23-19)13-25(20(18)26)12-14-5-4-10-22-11-14/h4-11,19H,3,12-13H2,1-2H3,(H,23,27). The van der Waals surface area contributed by atoms with E-state index in [1.807, 2.05) is 43.3 Å². The molecule has 7 nitrogen and oxygen atoms in total. The van der Waals surface area contributed by atoms with Gasteiger partial charge in [-0.05, 0) is 36.2 Å². The first kappa shape index (κ1) is 18.0. The number of pyridine rings is 1. The first-order valence-corrected chi connectivity index (χ1v) is 9.26. The van der Waals surface area contributed by atoms with Gasteiger partial charge in [-0.3, -0.25) is 14.7 Å². The fraction of sp³-hybridized carbons (Fsp3) is 0.286. The SMILES string of the molecule is CCOc1ccc(C2NC(=O)N(C)C3=C2C(=O)N(Cc2cccnc2)C3)cc1. The Morgan fingerprint density at radius 3 is 2.68 bits per heavy atom. The van der Waals surface area contributed by atoms with E-state index in [9.17, 15) is 9.59 Å². The number of amides is 3. The lowest BCUT2D eigenvalue weighted by atomic mass is 9.95. The number of nitrogens with zero attached hydrogens (tertiary/aromatic N) is 3. The molecule has 0 bridgehead atoms. The van der Waals surface area contributed by atoms with Gasteiger partial charge in [-0.15, -0.1) is 0 Å². The number of nitrogens with one attached hydrogen (secondary N) is 1. The van der Waals surface area contributed by atoms with Gasteiger partial charge < -0.3 is 15.0 Å². The van der Waals surface area contributed by atoms with Crippen molar-refractivity contribution in [1.82, 2.24) is 20.1 Å². The zero-order valence-electron chi connectivity index (χ0n) is 15.9. The van der Waals surface area contributed by atoms with Crippen molar-refractivity contribution < 1.29 is 14.3 Å². The molecule has 7 heteroatoms. The van der Waals surface area contributed by atoms with Crippen molar-refractivity contribution in [1.29, 1.82) is 0 Å². The normalized spacial score (nSPS) is 19.0.